The number of nitrogens with one attached hydrogen (secondary N) is 1. The minimum absolute atomic E-state index is 0.231. The number of fused-ring (bicyclic) bond motifs is 1. The molecule has 2 aromatic carbocycles. The van der Waals surface area contributed by atoms with Crippen LogP contribution in [0.2, 0.25) is 5.02 Å². The van der Waals surface area contributed by atoms with Crippen LogP contribution in [-0.2, 0) is 0 Å². The number of ether oxygens (including phenoxy) is 2. The molecule has 0 saturated heterocycles. The molecule has 0 amide bonds. The van der Waals surface area contributed by atoms with Gasteiger partial charge in [0.05, 0.1) is 16.8 Å². The van der Waals surface area contributed by atoms with Crippen LogP contribution in [0, 0.1) is 0 Å². The van der Waals surface area contributed by atoms with E-state index in [1.807, 2.05) is 12.1 Å². The zero-order chi connectivity index (χ0) is 14.7. The van der Waals surface area contributed by atoms with E-state index in [9.17, 15) is 0 Å². The molecule has 1 aliphatic heterocycles. The molecule has 1 unspecified atom stereocenters. The first-order valence-corrected chi connectivity index (χ1v) is 7.56. The molecule has 0 spiro atoms. The van der Waals surface area contributed by atoms with Crippen LogP contribution < -0.4 is 14.8 Å². The van der Waals surface area contributed by atoms with Crippen molar-refractivity contribution in [2.24, 2.45) is 0 Å². The molecule has 0 aliphatic carbocycles. The lowest BCUT2D eigenvalue weighted by molar-refractivity contribution is 0.174. The normalized spacial score (nSPS) is 14.0. The summed E-state index contributed by atoms with van der Waals surface area (Å²) in [6.07, 6.45) is 2.13. The molecule has 2 aromatic rings. The molecule has 4 heteroatoms. The molecule has 0 bridgehead atoms. The van der Waals surface area contributed by atoms with Crippen molar-refractivity contribution >= 4 is 17.3 Å². The zero-order valence-electron chi connectivity index (χ0n) is 11.9. The van der Waals surface area contributed by atoms with Gasteiger partial charge >= 0.3 is 0 Å². The van der Waals surface area contributed by atoms with Gasteiger partial charge < -0.3 is 14.8 Å². The highest BCUT2D eigenvalue weighted by Gasteiger charge is 2.18. The van der Waals surface area contributed by atoms with Gasteiger partial charge in [0.25, 0.3) is 0 Å². The lowest BCUT2D eigenvalue weighted by atomic mass is 10.0. The molecule has 0 fully saturated rings. The SMILES string of the molecule is CCCC(Nc1cc2c(cc1Cl)OCO2)c1ccccc1. The second-order valence-corrected chi connectivity index (χ2v) is 5.49. The highest BCUT2D eigenvalue weighted by molar-refractivity contribution is 6.33. The van der Waals surface area contributed by atoms with E-state index in [-0.39, 0.29) is 12.8 Å². The summed E-state index contributed by atoms with van der Waals surface area (Å²) in [5, 5.41) is 4.18. The number of rotatable bonds is 5. The van der Waals surface area contributed by atoms with Gasteiger partial charge in [0.1, 0.15) is 0 Å². The molecular weight excluding hydrogens is 286 g/mol. The standard InChI is InChI=1S/C17H18ClNO2/c1-2-6-14(12-7-4-3-5-8-12)19-15-10-17-16(9-13(15)18)20-11-21-17/h3-5,7-10,14,19H,2,6,11H2,1H3. The van der Waals surface area contributed by atoms with Crippen molar-refractivity contribution in [1.29, 1.82) is 0 Å². The van der Waals surface area contributed by atoms with Gasteiger partial charge in [-0.2, -0.15) is 0 Å². The Balaban J connectivity index is 1.86. The van der Waals surface area contributed by atoms with E-state index in [0.717, 1.165) is 24.3 Å². The molecule has 1 N–H and O–H groups in total. The molecule has 3 rings (SSSR count). The number of anilines is 1. The van der Waals surface area contributed by atoms with Crippen LogP contribution in [0.5, 0.6) is 11.5 Å². The molecular formula is C17H18ClNO2. The molecule has 1 heterocycles. The lowest BCUT2D eigenvalue weighted by Crippen LogP contribution is -2.10. The number of halogens is 1. The van der Waals surface area contributed by atoms with Gasteiger partial charge in [-0.25, -0.2) is 0 Å². The monoisotopic (exact) mass is 303 g/mol. The first-order chi connectivity index (χ1) is 10.3. The zero-order valence-corrected chi connectivity index (χ0v) is 12.7. The van der Waals surface area contributed by atoms with E-state index in [2.05, 4.69) is 36.5 Å². The summed E-state index contributed by atoms with van der Waals surface area (Å²) >= 11 is 6.34. The number of hydrogen-bond donors (Lipinski definition) is 1. The van der Waals surface area contributed by atoms with Gasteiger partial charge in [-0.15, -0.1) is 0 Å². The van der Waals surface area contributed by atoms with Crippen LogP contribution in [0.15, 0.2) is 42.5 Å². The van der Waals surface area contributed by atoms with Crippen LogP contribution in [0.3, 0.4) is 0 Å². The number of hydrogen-bond acceptors (Lipinski definition) is 3. The second kappa shape index (κ2) is 6.27. The maximum atomic E-state index is 6.34. The largest absolute Gasteiger partial charge is 0.454 e. The van der Waals surface area contributed by atoms with Crippen LogP contribution in [0.1, 0.15) is 31.4 Å². The molecule has 0 radical (unpaired) electrons. The van der Waals surface area contributed by atoms with E-state index in [1.54, 1.807) is 6.07 Å². The highest BCUT2D eigenvalue weighted by Crippen LogP contribution is 2.40. The van der Waals surface area contributed by atoms with Crippen molar-refractivity contribution in [2.45, 2.75) is 25.8 Å². The van der Waals surface area contributed by atoms with Gasteiger partial charge in [-0.05, 0) is 12.0 Å². The highest BCUT2D eigenvalue weighted by atomic mass is 35.5. The van der Waals surface area contributed by atoms with Crippen LogP contribution >= 0.6 is 11.6 Å². The summed E-state index contributed by atoms with van der Waals surface area (Å²) in [7, 11) is 0. The summed E-state index contributed by atoms with van der Waals surface area (Å²) in [5.74, 6) is 1.45. The van der Waals surface area contributed by atoms with Gasteiger partial charge in [0, 0.05) is 12.1 Å². The molecule has 21 heavy (non-hydrogen) atoms. The Morgan fingerprint density at radius 2 is 1.86 bits per heavy atom. The fourth-order valence-electron chi connectivity index (χ4n) is 2.51. The van der Waals surface area contributed by atoms with Gasteiger partial charge in [0.2, 0.25) is 6.79 Å². The first kappa shape index (κ1) is 14.1. The van der Waals surface area contributed by atoms with Crippen molar-refractivity contribution in [2.75, 3.05) is 12.1 Å². The van der Waals surface area contributed by atoms with E-state index in [0.29, 0.717) is 10.8 Å². The van der Waals surface area contributed by atoms with Crippen molar-refractivity contribution < 1.29 is 9.47 Å². The Morgan fingerprint density at radius 1 is 1.14 bits per heavy atom. The maximum Gasteiger partial charge on any atom is 0.231 e. The predicted octanol–water partition coefficient (Wildman–Crippen LogP) is 5.02. The second-order valence-electron chi connectivity index (χ2n) is 5.08. The molecule has 1 atom stereocenters. The van der Waals surface area contributed by atoms with Crippen molar-refractivity contribution in [1.82, 2.24) is 0 Å². The minimum Gasteiger partial charge on any atom is -0.454 e. The van der Waals surface area contributed by atoms with E-state index in [1.165, 1.54) is 5.56 Å². The summed E-state index contributed by atoms with van der Waals surface area (Å²) in [6.45, 7) is 2.44. The fourth-order valence-corrected chi connectivity index (χ4v) is 2.72. The minimum atomic E-state index is 0.231. The van der Waals surface area contributed by atoms with Crippen LogP contribution in [0.25, 0.3) is 0 Å². The average Bonchev–Trinajstić information content (AvgIpc) is 2.95. The van der Waals surface area contributed by atoms with Crippen molar-refractivity contribution in [3.05, 3.63) is 53.1 Å². The summed E-state index contributed by atoms with van der Waals surface area (Å²) in [5.41, 5.74) is 2.14. The molecule has 0 aromatic heterocycles. The Labute approximate surface area is 129 Å². The Bertz CT molecular complexity index is 616. The molecule has 3 nitrogen and oxygen atoms in total. The quantitative estimate of drug-likeness (QED) is 0.841. The number of benzene rings is 2. The third-order valence-electron chi connectivity index (χ3n) is 3.57. The predicted molar refractivity (Wildman–Crippen MR) is 85.3 cm³/mol. The molecule has 0 saturated carbocycles. The third kappa shape index (κ3) is 3.08. The van der Waals surface area contributed by atoms with E-state index in [4.69, 9.17) is 21.1 Å². The van der Waals surface area contributed by atoms with Gasteiger partial charge in [0.15, 0.2) is 11.5 Å². The first-order valence-electron chi connectivity index (χ1n) is 7.18. The lowest BCUT2D eigenvalue weighted by Gasteiger charge is -2.21. The summed E-state index contributed by atoms with van der Waals surface area (Å²) < 4.78 is 10.8. The maximum absolute atomic E-state index is 6.34. The van der Waals surface area contributed by atoms with Crippen molar-refractivity contribution in [3.8, 4) is 11.5 Å². The molecule has 1 aliphatic rings. The smallest absolute Gasteiger partial charge is 0.231 e. The van der Waals surface area contributed by atoms with Crippen LogP contribution in [0.4, 0.5) is 5.69 Å². The average molecular weight is 304 g/mol. The van der Waals surface area contributed by atoms with E-state index >= 15 is 0 Å². The van der Waals surface area contributed by atoms with E-state index < -0.39 is 0 Å². The summed E-state index contributed by atoms with van der Waals surface area (Å²) in [6, 6.07) is 14.4. The fraction of sp³-hybridized carbons (Fsp3) is 0.294. The van der Waals surface area contributed by atoms with Gasteiger partial charge in [-0.3, -0.25) is 0 Å². The van der Waals surface area contributed by atoms with Crippen LogP contribution in [-0.4, -0.2) is 6.79 Å². The van der Waals surface area contributed by atoms with Crippen molar-refractivity contribution in [3.63, 3.8) is 0 Å². The van der Waals surface area contributed by atoms with Gasteiger partial charge in [-0.1, -0.05) is 55.3 Å². The Kier molecular flexibility index (Phi) is 4.20. The molecule has 110 valence electrons. The summed E-state index contributed by atoms with van der Waals surface area (Å²) in [4.78, 5) is 0. The Morgan fingerprint density at radius 3 is 2.57 bits per heavy atom. The topological polar surface area (TPSA) is 30.5 Å². The third-order valence-corrected chi connectivity index (χ3v) is 3.88. The Hall–Kier alpha value is -1.87.